The summed E-state index contributed by atoms with van der Waals surface area (Å²) < 4.78 is 11.9. The topological polar surface area (TPSA) is 42.5 Å². The lowest BCUT2D eigenvalue weighted by Crippen LogP contribution is -2.23. The summed E-state index contributed by atoms with van der Waals surface area (Å²) in [4.78, 5) is 0. The first-order chi connectivity index (χ1) is 15.6. The number of ether oxygens (including phenoxy) is 2. The van der Waals surface area contributed by atoms with Gasteiger partial charge in [-0.1, -0.05) is 59.6 Å². The number of rotatable bonds is 6. The maximum absolute atomic E-state index is 6.29. The van der Waals surface area contributed by atoms with Crippen molar-refractivity contribution in [1.29, 1.82) is 0 Å². The molecule has 6 heteroatoms. The summed E-state index contributed by atoms with van der Waals surface area (Å²) in [5.74, 6) is 1.32. The molecule has 4 nitrogen and oxygen atoms in total. The van der Waals surface area contributed by atoms with Gasteiger partial charge in [-0.15, -0.1) is 0 Å². The Hall–Kier alpha value is -3.08. The normalized spacial score (nSPS) is 12.8. The summed E-state index contributed by atoms with van der Waals surface area (Å²) in [7, 11) is 0. The van der Waals surface area contributed by atoms with E-state index < -0.39 is 0 Å². The third-order valence-electron chi connectivity index (χ3n) is 5.54. The van der Waals surface area contributed by atoms with Crippen molar-refractivity contribution in [3.8, 4) is 11.5 Å². The van der Waals surface area contributed by atoms with Gasteiger partial charge < -0.3 is 20.1 Å². The monoisotopic (exact) mass is 464 g/mol. The van der Waals surface area contributed by atoms with E-state index in [4.69, 9.17) is 32.7 Å². The molecule has 32 heavy (non-hydrogen) atoms. The molecule has 4 aromatic carbocycles. The van der Waals surface area contributed by atoms with Crippen LogP contribution in [0.5, 0.6) is 11.5 Å². The molecule has 1 heterocycles. The van der Waals surface area contributed by atoms with E-state index in [0.717, 1.165) is 22.5 Å². The van der Waals surface area contributed by atoms with E-state index in [9.17, 15) is 0 Å². The van der Waals surface area contributed by atoms with Gasteiger partial charge in [0.2, 0.25) is 0 Å². The van der Waals surface area contributed by atoms with Crippen molar-refractivity contribution in [1.82, 2.24) is 0 Å². The van der Waals surface area contributed by atoms with Gasteiger partial charge in [0.15, 0.2) is 11.5 Å². The van der Waals surface area contributed by atoms with Crippen molar-refractivity contribution in [3.05, 3.63) is 94.0 Å². The van der Waals surface area contributed by atoms with Crippen molar-refractivity contribution in [2.24, 2.45) is 0 Å². The zero-order valence-electron chi connectivity index (χ0n) is 17.5. The molecule has 0 aromatic heterocycles. The molecule has 1 aliphatic rings. The SMILES string of the molecule is CCOc1cc(C2Nc3cccc4cccc(c34)N2)ccc1OCc1c(Cl)cccc1Cl. The number of halogens is 2. The molecule has 0 aliphatic carbocycles. The molecule has 0 atom stereocenters. The van der Waals surface area contributed by atoms with E-state index in [-0.39, 0.29) is 12.8 Å². The summed E-state index contributed by atoms with van der Waals surface area (Å²) in [6.45, 7) is 2.74. The lowest BCUT2D eigenvalue weighted by Gasteiger charge is -2.30. The second-order valence-corrected chi connectivity index (χ2v) is 8.37. The van der Waals surface area contributed by atoms with Crippen molar-refractivity contribution in [2.45, 2.75) is 19.7 Å². The van der Waals surface area contributed by atoms with Crippen LogP contribution in [0, 0.1) is 0 Å². The van der Waals surface area contributed by atoms with Crippen molar-refractivity contribution in [2.75, 3.05) is 17.2 Å². The van der Waals surface area contributed by atoms with Crippen LogP contribution >= 0.6 is 23.2 Å². The number of anilines is 2. The molecule has 0 saturated carbocycles. The maximum Gasteiger partial charge on any atom is 0.161 e. The molecule has 1 aliphatic heterocycles. The van der Waals surface area contributed by atoms with Crippen LogP contribution in [0.2, 0.25) is 10.0 Å². The Bertz CT molecular complexity index is 1230. The maximum atomic E-state index is 6.29. The number of hydrogen-bond donors (Lipinski definition) is 2. The second kappa shape index (κ2) is 8.81. The van der Waals surface area contributed by atoms with Crippen molar-refractivity contribution in [3.63, 3.8) is 0 Å². The molecule has 5 rings (SSSR count). The first kappa shape index (κ1) is 20.8. The minimum absolute atomic E-state index is 0.0956. The molecule has 0 unspecified atom stereocenters. The van der Waals surface area contributed by atoms with Crippen LogP contribution in [0.25, 0.3) is 10.8 Å². The molecule has 0 saturated heterocycles. The molecule has 0 fully saturated rings. The fourth-order valence-corrected chi connectivity index (χ4v) is 4.51. The van der Waals surface area contributed by atoms with Gasteiger partial charge in [-0.3, -0.25) is 0 Å². The smallest absolute Gasteiger partial charge is 0.161 e. The van der Waals surface area contributed by atoms with Gasteiger partial charge >= 0.3 is 0 Å². The highest BCUT2D eigenvalue weighted by atomic mass is 35.5. The van der Waals surface area contributed by atoms with Crippen LogP contribution in [0.3, 0.4) is 0 Å². The van der Waals surface area contributed by atoms with Gasteiger partial charge in [-0.05, 0) is 54.3 Å². The van der Waals surface area contributed by atoms with Gasteiger partial charge in [0.25, 0.3) is 0 Å². The highest BCUT2D eigenvalue weighted by Gasteiger charge is 2.21. The Morgan fingerprint density at radius 2 is 1.44 bits per heavy atom. The minimum atomic E-state index is -0.0956. The molecule has 0 amide bonds. The van der Waals surface area contributed by atoms with Gasteiger partial charge in [-0.2, -0.15) is 0 Å². The Labute approximate surface area is 197 Å². The molecule has 162 valence electrons. The standard InChI is InChI=1S/C26H22Cl2N2O2/c1-2-31-24-14-17(12-13-23(24)32-15-18-19(27)8-5-9-20(18)28)26-29-21-10-3-6-16-7-4-11-22(30-26)25(16)21/h3-14,26,29-30H,2,15H2,1H3. The summed E-state index contributed by atoms with van der Waals surface area (Å²) in [5, 5.41) is 10.8. The van der Waals surface area contributed by atoms with E-state index in [1.807, 2.05) is 31.2 Å². The highest BCUT2D eigenvalue weighted by molar-refractivity contribution is 6.35. The van der Waals surface area contributed by atoms with Gasteiger partial charge in [0.05, 0.1) is 6.61 Å². The van der Waals surface area contributed by atoms with Crippen LogP contribution in [0.4, 0.5) is 11.4 Å². The zero-order chi connectivity index (χ0) is 22.1. The first-order valence-electron chi connectivity index (χ1n) is 10.5. The van der Waals surface area contributed by atoms with Crippen molar-refractivity contribution < 1.29 is 9.47 Å². The van der Waals surface area contributed by atoms with Crippen LogP contribution in [0.1, 0.15) is 24.2 Å². The molecule has 2 N–H and O–H groups in total. The predicted molar refractivity (Wildman–Crippen MR) is 132 cm³/mol. The van der Waals surface area contributed by atoms with Crippen LogP contribution in [-0.2, 0) is 6.61 Å². The molecule has 4 aromatic rings. The zero-order valence-corrected chi connectivity index (χ0v) is 19.0. The molecular weight excluding hydrogens is 443 g/mol. The summed E-state index contributed by atoms with van der Waals surface area (Å²) in [6.07, 6.45) is -0.0956. The Morgan fingerprint density at radius 1 is 0.781 bits per heavy atom. The van der Waals surface area contributed by atoms with Gasteiger partial charge in [0, 0.05) is 32.4 Å². The van der Waals surface area contributed by atoms with Gasteiger partial charge in [-0.25, -0.2) is 0 Å². The average molecular weight is 465 g/mol. The molecular formula is C26H22Cl2N2O2. The van der Waals surface area contributed by atoms with Crippen LogP contribution in [-0.4, -0.2) is 6.61 Å². The van der Waals surface area contributed by atoms with E-state index in [0.29, 0.717) is 28.2 Å². The quantitative estimate of drug-likeness (QED) is 0.307. The van der Waals surface area contributed by atoms with Crippen LogP contribution < -0.4 is 20.1 Å². The molecule has 0 spiro atoms. The summed E-state index contributed by atoms with van der Waals surface area (Å²) in [5.41, 5.74) is 4.01. The Kier molecular flexibility index (Phi) is 5.73. The fourth-order valence-electron chi connectivity index (χ4n) is 4.01. The first-order valence-corrected chi connectivity index (χ1v) is 11.3. The lowest BCUT2D eigenvalue weighted by atomic mass is 10.0. The van der Waals surface area contributed by atoms with E-state index in [1.165, 1.54) is 10.8 Å². The predicted octanol–water partition coefficient (Wildman–Crippen LogP) is 7.66. The summed E-state index contributed by atoms with van der Waals surface area (Å²) >= 11 is 12.6. The Morgan fingerprint density at radius 3 is 2.09 bits per heavy atom. The van der Waals surface area contributed by atoms with Gasteiger partial charge in [0.1, 0.15) is 12.8 Å². The molecule has 0 bridgehead atoms. The summed E-state index contributed by atoms with van der Waals surface area (Å²) in [6, 6.07) is 24.0. The number of nitrogens with one attached hydrogen (secondary N) is 2. The fraction of sp³-hybridized carbons (Fsp3) is 0.154. The second-order valence-electron chi connectivity index (χ2n) is 7.56. The largest absolute Gasteiger partial charge is 0.490 e. The van der Waals surface area contributed by atoms with Crippen molar-refractivity contribution >= 4 is 45.3 Å². The number of benzene rings is 4. The number of hydrogen-bond acceptors (Lipinski definition) is 4. The average Bonchev–Trinajstić information content (AvgIpc) is 2.80. The third-order valence-corrected chi connectivity index (χ3v) is 6.25. The molecule has 0 radical (unpaired) electrons. The van der Waals surface area contributed by atoms with E-state index >= 15 is 0 Å². The van der Waals surface area contributed by atoms with E-state index in [2.05, 4.69) is 47.0 Å². The van der Waals surface area contributed by atoms with Crippen LogP contribution in [0.15, 0.2) is 72.8 Å². The Balaban J connectivity index is 1.42. The third kappa shape index (κ3) is 3.92. The van der Waals surface area contributed by atoms with E-state index in [1.54, 1.807) is 12.1 Å². The lowest BCUT2D eigenvalue weighted by molar-refractivity contribution is 0.269. The highest BCUT2D eigenvalue weighted by Crippen LogP contribution is 2.40. The minimum Gasteiger partial charge on any atom is -0.490 e.